The van der Waals surface area contributed by atoms with E-state index in [9.17, 15) is 13.2 Å². The predicted molar refractivity (Wildman–Crippen MR) is 79.7 cm³/mol. The van der Waals surface area contributed by atoms with Crippen LogP contribution in [0, 0.1) is 6.92 Å². The highest BCUT2D eigenvalue weighted by molar-refractivity contribution is 5.40. The van der Waals surface area contributed by atoms with Gasteiger partial charge in [0, 0.05) is 38.2 Å². The third-order valence-corrected chi connectivity index (χ3v) is 3.73. The fourth-order valence-electron chi connectivity index (χ4n) is 2.55. The zero-order valence-corrected chi connectivity index (χ0v) is 13.0. The van der Waals surface area contributed by atoms with Crippen LogP contribution in [0.5, 0.6) is 5.88 Å². The van der Waals surface area contributed by atoms with E-state index in [1.807, 2.05) is 6.92 Å². The highest BCUT2D eigenvalue weighted by Crippen LogP contribution is 2.29. The van der Waals surface area contributed by atoms with Gasteiger partial charge < -0.3 is 9.64 Å². The van der Waals surface area contributed by atoms with Crippen LogP contribution in [0.2, 0.25) is 0 Å². The number of hydrogen-bond donors (Lipinski definition) is 0. The Kier molecular flexibility index (Phi) is 4.50. The molecule has 2 aromatic heterocycles. The van der Waals surface area contributed by atoms with Crippen molar-refractivity contribution in [2.24, 2.45) is 0 Å². The number of nitrogens with zero attached hydrogens (tertiary/aromatic N) is 5. The molecule has 24 heavy (non-hydrogen) atoms. The van der Waals surface area contributed by atoms with Crippen LogP contribution in [0.25, 0.3) is 0 Å². The second kappa shape index (κ2) is 6.58. The van der Waals surface area contributed by atoms with Gasteiger partial charge in [0.25, 0.3) is 0 Å². The number of ether oxygens (including phenoxy) is 1. The molecule has 0 N–H and O–H groups in total. The summed E-state index contributed by atoms with van der Waals surface area (Å²) in [7, 11) is 0. The maximum absolute atomic E-state index is 12.7. The van der Waals surface area contributed by atoms with E-state index in [1.54, 1.807) is 17.3 Å². The van der Waals surface area contributed by atoms with Crippen molar-refractivity contribution in [3.8, 4) is 5.88 Å². The van der Waals surface area contributed by atoms with E-state index in [2.05, 4.69) is 19.9 Å². The van der Waals surface area contributed by atoms with Gasteiger partial charge in [-0.25, -0.2) is 15.0 Å². The van der Waals surface area contributed by atoms with Crippen molar-refractivity contribution in [1.29, 1.82) is 0 Å². The summed E-state index contributed by atoms with van der Waals surface area (Å²) >= 11 is 0. The molecule has 1 fully saturated rings. The van der Waals surface area contributed by atoms with E-state index >= 15 is 0 Å². The quantitative estimate of drug-likeness (QED) is 0.857. The van der Waals surface area contributed by atoms with E-state index in [1.165, 1.54) is 0 Å². The first-order chi connectivity index (χ1) is 11.4. The number of aromatic nitrogens is 4. The summed E-state index contributed by atoms with van der Waals surface area (Å²) in [6.45, 7) is 2.94. The molecule has 0 atom stereocenters. The Morgan fingerprint density at radius 2 is 1.92 bits per heavy atom. The molecule has 6 nitrogen and oxygen atoms in total. The standard InChI is InChI=1S/C15H16F3N5O/c1-10-7-19-8-14(22-10)24-11-2-4-23(5-3-11)13-6-12(15(16,17)18)20-9-21-13/h6-9,11H,2-5H2,1H3. The maximum atomic E-state index is 12.7. The largest absolute Gasteiger partial charge is 0.473 e. The number of halogens is 3. The zero-order valence-electron chi connectivity index (χ0n) is 13.0. The third kappa shape index (κ3) is 3.90. The first kappa shape index (κ1) is 16.4. The first-order valence-corrected chi connectivity index (χ1v) is 7.51. The van der Waals surface area contributed by atoms with Crippen molar-refractivity contribution in [3.05, 3.63) is 36.2 Å². The summed E-state index contributed by atoms with van der Waals surface area (Å²) in [6, 6.07) is 0.979. The van der Waals surface area contributed by atoms with E-state index in [4.69, 9.17) is 4.74 Å². The highest BCUT2D eigenvalue weighted by Gasteiger charge is 2.33. The minimum absolute atomic E-state index is 0.0405. The SMILES string of the molecule is Cc1cncc(OC2CCN(c3cc(C(F)(F)F)ncn3)CC2)n1. The van der Waals surface area contributed by atoms with E-state index in [0.717, 1.165) is 18.1 Å². The highest BCUT2D eigenvalue weighted by atomic mass is 19.4. The molecule has 0 amide bonds. The van der Waals surface area contributed by atoms with Gasteiger partial charge in [-0.15, -0.1) is 0 Å². The fourth-order valence-corrected chi connectivity index (χ4v) is 2.55. The van der Waals surface area contributed by atoms with Crippen molar-refractivity contribution < 1.29 is 17.9 Å². The fraction of sp³-hybridized carbons (Fsp3) is 0.467. The molecule has 1 saturated heterocycles. The van der Waals surface area contributed by atoms with Crippen LogP contribution >= 0.6 is 0 Å². The Morgan fingerprint density at radius 1 is 1.17 bits per heavy atom. The molecule has 0 saturated carbocycles. The van der Waals surface area contributed by atoms with Crippen LogP contribution in [0.1, 0.15) is 24.2 Å². The lowest BCUT2D eigenvalue weighted by molar-refractivity contribution is -0.141. The Morgan fingerprint density at radius 3 is 2.58 bits per heavy atom. The van der Waals surface area contributed by atoms with Gasteiger partial charge in [0.2, 0.25) is 5.88 Å². The minimum Gasteiger partial charge on any atom is -0.473 e. The summed E-state index contributed by atoms with van der Waals surface area (Å²) in [4.78, 5) is 17.3. The minimum atomic E-state index is -4.47. The second-order valence-corrected chi connectivity index (χ2v) is 5.56. The normalized spacial score (nSPS) is 16.2. The van der Waals surface area contributed by atoms with Gasteiger partial charge in [-0.1, -0.05) is 0 Å². The molecule has 1 aliphatic heterocycles. The maximum Gasteiger partial charge on any atom is 0.433 e. The van der Waals surface area contributed by atoms with Crippen LogP contribution in [-0.2, 0) is 6.18 Å². The lowest BCUT2D eigenvalue weighted by Crippen LogP contribution is -2.39. The summed E-state index contributed by atoms with van der Waals surface area (Å²) in [5.41, 5.74) is -0.161. The van der Waals surface area contributed by atoms with E-state index in [0.29, 0.717) is 31.8 Å². The Labute approximate surface area is 136 Å². The number of aryl methyl sites for hydroxylation is 1. The van der Waals surface area contributed by atoms with Crippen molar-refractivity contribution in [2.75, 3.05) is 18.0 Å². The Balaban J connectivity index is 1.61. The zero-order chi connectivity index (χ0) is 17.2. The van der Waals surface area contributed by atoms with Gasteiger partial charge in [0.05, 0.1) is 11.9 Å². The third-order valence-electron chi connectivity index (χ3n) is 3.73. The molecule has 128 valence electrons. The number of piperidine rings is 1. The molecule has 2 aromatic rings. The summed E-state index contributed by atoms with van der Waals surface area (Å²) < 4.78 is 44.0. The van der Waals surface area contributed by atoms with Crippen LogP contribution < -0.4 is 9.64 Å². The Bertz CT molecular complexity index is 702. The van der Waals surface area contributed by atoms with Gasteiger partial charge >= 0.3 is 6.18 Å². The topological polar surface area (TPSA) is 64.0 Å². The summed E-state index contributed by atoms with van der Waals surface area (Å²) in [5.74, 6) is 0.751. The number of anilines is 1. The summed E-state index contributed by atoms with van der Waals surface area (Å²) in [5, 5.41) is 0. The van der Waals surface area contributed by atoms with Gasteiger partial charge in [-0.2, -0.15) is 13.2 Å². The molecular formula is C15H16F3N5O. The van der Waals surface area contributed by atoms with E-state index in [-0.39, 0.29) is 11.9 Å². The average Bonchev–Trinajstić information content (AvgIpc) is 2.55. The smallest absolute Gasteiger partial charge is 0.433 e. The predicted octanol–water partition coefficient (Wildman–Crippen LogP) is 2.64. The average molecular weight is 339 g/mol. The van der Waals surface area contributed by atoms with Gasteiger partial charge in [-0.3, -0.25) is 4.98 Å². The lowest BCUT2D eigenvalue weighted by Gasteiger charge is -2.32. The second-order valence-electron chi connectivity index (χ2n) is 5.56. The number of hydrogen-bond acceptors (Lipinski definition) is 6. The molecule has 0 bridgehead atoms. The number of rotatable bonds is 3. The summed E-state index contributed by atoms with van der Waals surface area (Å²) in [6.07, 6.45) is 0.970. The number of alkyl halides is 3. The Hall–Kier alpha value is -2.45. The van der Waals surface area contributed by atoms with Crippen molar-refractivity contribution in [1.82, 2.24) is 19.9 Å². The molecule has 0 spiro atoms. The van der Waals surface area contributed by atoms with Gasteiger partial charge in [-0.05, 0) is 6.92 Å². The molecule has 9 heteroatoms. The lowest BCUT2D eigenvalue weighted by atomic mass is 10.1. The molecule has 1 aliphatic rings. The van der Waals surface area contributed by atoms with Crippen LogP contribution in [0.4, 0.5) is 19.0 Å². The van der Waals surface area contributed by atoms with Crippen LogP contribution in [-0.4, -0.2) is 39.1 Å². The van der Waals surface area contributed by atoms with Crippen molar-refractivity contribution in [2.45, 2.75) is 32.0 Å². The molecule has 0 unspecified atom stereocenters. The van der Waals surface area contributed by atoms with Crippen LogP contribution in [0.3, 0.4) is 0 Å². The molecule has 0 aromatic carbocycles. The van der Waals surface area contributed by atoms with Gasteiger partial charge in [0.1, 0.15) is 23.9 Å². The van der Waals surface area contributed by atoms with E-state index < -0.39 is 11.9 Å². The molecular weight excluding hydrogens is 323 g/mol. The van der Waals surface area contributed by atoms with Crippen molar-refractivity contribution in [3.63, 3.8) is 0 Å². The monoisotopic (exact) mass is 339 g/mol. The molecule has 3 heterocycles. The molecule has 3 rings (SSSR count). The molecule has 0 aliphatic carbocycles. The van der Waals surface area contributed by atoms with Crippen LogP contribution in [0.15, 0.2) is 24.8 Å². The van der Waals surface area contributed by atoms with Crippen molar-refractivity contribution >= 4 is 5.82 Å². The molecule has 0 radical (unpaired) electrons. The van der Waals surface area contributed by atoms with Gasteiger partial charge in [0.15, 0.2) is 0 Å². The first-order valence-electron chi connectivity index (χ1n) is 7.51.